The molecule has 7 nitrogen and oxygen atoms in total. The van der Waals surface area contributed by atoms with Gasteiger partial charge in [-0.2, -0.15) is 0 Å². The largest absolute Gasteiger partial charge is 0.342 e. The molecule has 0 unspecified atom stereocenters. The van der Waals surface area contributed by atoms with E-state index in [-0.39, 0.29) is 28.6 Å². The quantitative estimate of drug-likeness (QED) is 0.270. The maximum atomic E-state index is 13.0. The monoisotopic (exact) mass is 547 g/mol. The van der Waals surface area contributed by atoms with Gasteiger partial charge < -0.3 is 15.2 Å². The maximum Gasteiger partial charge on any atom is 0.253 e. The molecule has 1 heterocycles. The van der Waals surface area contributed by atoms with Gasteiger partial charge in [0.2, 0.25) is 5.91 Å². The molecule has 2 N–H and O–H groups in total. The Hall–Kier alpha value is -2.55. The van der Waals surface area contributed by atoms with Gasteiger partial charge in [0.05, 0.1) is 22.4 Å². The van der Waals surface area contributed by atoms with Crippen molar-refractivity contribution in [2.24, 2.45) is 5.92 Å². The van der Waals surface area contributed by atoms with Crippen molar-refractivity contribution >= 4 is 52.5 Å². The summed E-state index contributed by atoms with van der Waals surface area (Å²) < 4.78 is 1.94. The highest BCUT2D eigenvalue weighted by Gasteiger charge is 2.25. The van der Waals surface area contributed by atoms with E-state index in [1.165, 1.54) is 17.3 Å². The molecule has 2 amide bonds. The summed E-state index contributed by atoms with van der Waals surface area (Å²) in [4.78, 5) is 25.5. The number of nitrogens with zero attached hydrogens (tertiary/aromatic N) is 3. The van der Waals surface area contributed by atoms with Crippen molar-refractivity contribution in [2.45, 2.75) is 58.3 Å². The van der Waals surface area contributed by atoms with Crippen molar-refractivity contribution in [1.29, 1.82) is 0 Å². The number of carbonyl (C=O) groups is 2. The van der Waals surface area contributed by atoms with E-state index in [1.807, 2.05) is 35.8 Å². The van der Waals surface area contributed by atoms with Crippen LogP contribution in [0, 0.1) is 5.92 Å². The van der Waals surface area contributed by atoms with Gasteiger partial charge in [-0.3, -0.25) is 9.59 Å². The molecule has 1 aromatic heterocycles. The van der Waals surface area contributed by atoms with E-state index in [4.69, 9.17) is 23.2 Å². The van der Waals surface area contributed by atoms with Gasteiger partial charge in [-0.25, -0.2) is 0 Å². The van der Waals surface area contributed by atoms with Gasteiger partial charge in [0.25, 0.3) is 5.91 Å². The number of carbonyl (C=O) groups excluding carboxylic acids is 2. The molecule has 0 bridgehead atoms. The summed E-state index contributed by atoms with van der Waals surface area (Å²) in [6, 6.07) is 12.2. The third kappa shape index (κ3) is 7.48. The zero-order valence-electron chi connectivity index (χ0n) is 20.8. The van der Waals surface area contributed by atoms with E-state index in [9.17, 15) is 9.59 Å². The molecule has 2 aromatic carbocycles. The van der Waals surface area contributed by atoms with Crippen molar-refractivity contribution in [3.05, 3.63) is 69.5 Å². The second-order valence-corrected chi connectivity index (χ2v) is 10.5. The Kier molecular flexibility index (Phi) is 10.2. The van der Waals surface area contributed by atoms with Gasteiger partial charge in [-0.05, 0) is 61.6 Å². The van der Waals surface area contributed by atoms with E-state index >= 15 is 0 Å². The Balaban J connectivity index is 1.72. The van der Waals surface area contributed by atoms with E-state index in [0.29, 0.717) is 40.5 Å². The van der Waals surface area contributed by atoms with Crippen LogP contribution < -0.4 is 10.6 Å². The lowest BCUT2D eigenvalue weighted by atomic mass is 10.0. The van der Waals surface area contributed by atoms with Crippen LogP contribution in [0.3, 0.4) is 0 Å². The van der Waals surface area contributed by atoms with Crippen LogP contribution >= 0.6 is 35.0 Å². The Bertz CT molecular complexity index is 1200. The zero-order chi connectivity index (χ0) is 26.2. The number of benzene rings is 2. The Labute approximate surface area is 226 Å². The summed E-state index contributed by atoms with van der Waals surface area (Å²) >= 11 is 13.5. The van der Waals surface area contributed by atoms with Crippen LogP contribution in [0.2, 0.25) is 10.0 Å². The first-order chi connectivity index (χ1) is 17.2. The number of hydrogen-bond donors (Lipinski definition) is 2. The highest BCUT2D eigenvalue weighted by molar-refractivity contribution is 7.99. The van der Waals surface area contributed by atoms with Crippen molar-refractivity contribution in [3.63, 3.8) is 0 Å². The number of aryl methyl sites for hydroxylation is 1. The first-order valence-corrected chi connectivity index (χ1v) is 13.7. The first-order valence-electron chi connectivity index (χ1n) is 11.9. The first kappa shape index (κ1) is 28.0. The van der Waals surface area contributed by atoms with Crippen LogP contribution in [0.25, 0.3) is 0 Å². The fraction of sp³-hybridized carbons (Fsp3) is 0.385. The summed E-state index contributed by atoms with van der Waals surface area (Å²) in [6.45, 7) is 8.82. The predicted molar refractivity (Wildman–Crippen MR) is 147 cm³/mol. The minimum absolute atomic E-state index is 0.124. The Morgan fingerprint density at radius 1 is 1.06 bits per heavy atom. The molecule has 0 saturated heterocycles. The lowest BCUT2D eigenvalue weighted by molar-refractivity contribution is -0.113. The molecule has 0 aliphatic rings. The number of anilines is 1. The highest BCUT2D eigenvalue weighted by Crippen LogP contribution is 2.27. The van der Waals surface area contributed by atoms with Gasteiger partial charge in [-0.1, -0.05) is 67.9 Å². The zero-order valence-corrected chi connectivity index (χ0v) is 23.2. The van der Waals surface area contributed by atoms with E-state index in [0.717, 1.165) is 12.1 Å². The summed E-state index contributed by atoms with van der Waals surface area (Å²) in [6.07, 6.45) is 1.61. The smallest absolute Gasteiger partial charge is 0.253 e. The molecule has 0 fully saturated rings. The summed E-state index contributed by atoms with van der Waals surface area (Å²) in [7, 11) is 0. The van der Waals surface area contributed by atoms with E-state index in [2.05, 4.69) is 41.6 Å². The van der Waals surface area contributed by atoms with Crippen LogP contribution in [-0.4, -0.2) is 32.3 Å². The van der Waals surface area contributed by atoms with E-state index < -0.39 is 0 Å². The van der Waals surface area contributed by atoms with Gasteiger partial charge in [0.15, 0.2) is 11.0 Å². The van der Waals surface area contributed by atoms with Crippen LogP contribution in [-0.2, 0) is 17.8 Å². The predicted octanol–water partition coefficient (Wildman–Crippen LogP) is 6.42. The van der Waals surface area contributed by atoms with Gasteiger partial charge in [0.1, 0.15) is 0 Å². The lowest BCUT2D eigenvalue weighted by Gasteiger charge is -2.21. The number of amides is 2. The number of thioether (sulfide) groups is 1. The normalized spacial score (nSPS) is 12.0. The SMILES string of the molecule is CCc1ccc(NC(=O)CSc2nnc([C@H](CC(C)C)NC(=O)c3ccc(Cl)cc3Cl)n2CC)cc1. The molecule has 0 spiro atoms. The maximum absolute atomic E-state index is 13.0. The second kappa shape index (κ2) is 13.1. The Morgan fingerprint density at radius 2 is 1.78 bits per heavy atom. The molecular weight excluding hydrogens is 517 g/mol. The average molecular weight is 549 g/mol. The molecule has 36 heavy (non-hydrogen) atoms. The fourth-order valence-corrected chi connectivity index (χ4v) is 5.03. The molecule has 3 rings (SSSR count). The topological polar surface area (TPSA) is 88.9 Å². The van der Waals surface area contributed by atoms with Gasteiger partial charge in [-0.15, -0.1) is 10.2 Å². The highest BCUT2D eigenvalue weighted by atomic mass is 35.5. The molecule has 0 radical (unpaired) electrons. The van der Waals surface area contributed by atoms with Crippen LogP contribution in [0.15, 0.2) is 47.6 Å². The molecule has 0 aliphatic heterocycles. The summed E-state index contributed by atoms with van der Waals surface area (Å²) in [5, 5.41) is 16.1. The minimum Gasteiger partial charge on any atom is -0.342 e. The lowest BCUT2D eigenvalue weighted by Crippen LogP contribution is -2.31. The Morgan fingerprint density at radius 3 is 2.39 bits per heavy atom. The number of halogens is 2. The molecule has 192 valence electrons. The standard InChI is InChI=1S/C26H31Cl2N5O2S/c1-5-17-7-10-19(11-8-17)29-23(34)15-36-26-32-31-24(33(26)6-2)22(13-16(3)4)30-25(35)20-12-9-18(27)14-21(20)28/h7-12,14,16,22H,5-6,13,15H2,1-4H3,(H,29,34)(H,30,35)/t22-/m0/s1. The number of hydrogen-bond acceptors (Lipinski definition) is 5. The van der Waals surface area contributed by atoms with Crippen LogP contribution in [0.4, 0.5) is 5.69 Å². The number of nitrogens with one attached hydrogen (secondary N) is 2. The molecule has 10 heteroatoms. The van der Waals surface area contributed by atoms with Crippen molar-refractivity contribution in [3.8, 4) is 0 Å². The fourth-order valence-electron chi connectivity index (χ4n) is 3.72. The van der Waals surface area contributed by atoms with Gasteiger partial charge in [0, 0.05) is 17.3 Å². The third-order valence-electron chi connectivity index (χ3n) is 5.54. The molecule has 0 aliphatic carbocycles. The minimum atomic E-state index is -0.378. The molecule has 0 saturated carbocycles. The summed E-state index contributed by atoms with van der Waals surface area (Å²) in [5.41, 5.74) is 2.32. The average Bonchev–Trinajstić information content (AvgIpc) is 3.25. The van der Waals surface area contributed by atoms with E-state index in [1.54, 1.807) is 18.2 Å². The molecular formula is C26H31Cl2N5O2S. The van der Waals surface area contributed by atoms with Crippen LogP contribution in [0.5, 0.6) is 0 Å². The number of rotatable bonds is 11. The third-order valence-corrected chi connectivity index (χ3v) is 7.05. The molecule has 3 aromatic rings. The van der Waals surface area contributed by atoms with Crippen molar-refractivity contribution in [2.75, 3.05) is 11.1 Å². The number of aromatic nitrogens is 3. The van der Waals surface area contributed by atoms with Crippen molar-refractivity contribution in [1.82, 2.24) is 20.1 Å². The van der Waals surface area contributed by atoms with Crippen LogP contribution in [0.1, 0.15) is 61.9 Å². The molecule has 1 atom stereocenters. The second-order valence-electron chi connectivity index (χ2n) is 8.75. The van der Waals surface area contributed by atoms with Gasteiger partial charge >= 0.3 is 0 Å². The summed E-state index contributed by atoms with van der Waals surface area (Å²) in [5.74, 6) is 0.688. The van der Waals surface area contributed by atoms with Crippen molar-refractivity contribution < 1.29 is 9.59 Å².